The van der Waals surface area contributed by atoms with Gasteiger partial charge in [0.2, 0.25) is 0 Å². The number of nitrogens with zero attached hydrogens (tertiary/aromatic N) is 1. The Kier molecular flexibility index (Phi) is 23.7. The molecule has 0 saturated carbocycles. The fraction of sp³-hybridized carbons (Fsp3) is 0.950. The van der Waals surface area contributed by atoms with E-state index < -0.39 is 0 Å². The summed E-state index contributed by atoms with van der Waals surface area (Å²) >= 11 is 0. The molecule has 10 heteroatoms. The maximum atomic E-state index is 10.5. The Morgan fingerprint density at radius 3 is 1.03 bits per heavy atom. The van der Waals surface area contributed by atoms with Gasteiger partial charge in [0.15, 0.2) is 0 Å². The predicted octanol–water partition coefficient (Wildman–Crippen LogP) is 0.227. The maximum Gasteiger partial charge on any atom is 0.302 e. The average molecular weight is 440 g/mol. The summed E-state index contributed by atoms with van der Waals surface area (Å²) in [4.78, 5) is 12.6. The van der Waals surface area contributed by atoms with Crippen LogP contribution in [0.5, 0.6) is 0 Å². The van der Waals surface area contributed by atoms with E-state index in [1.54, 1.807) is 0 Å². The smallest absolute Gasteiger partial charge is 0.302 e. The first-order chi connectivity index (χ1) is 14.6. The zero-order valence-electron chi connectivity index (χ0n) is 18.9. The second-order valence-corrected chi connectivity index (χ2v) is 6.43. The Hall–Kier alpha value is -0.850. The minimum atomic E-state index is -0.304. The molecule has 0 aromatic heterocycles. The van der Waals surface area contributed by atoms with Crippen molar-refractivity contribution in [2.45, 2.75) is 6.92 Å². The molecule has 0 fully saturated rings. The first-order valence-electron chi connectivity index (χ1n) is 10.4. The predicted molar refractivity (Wildman–Crippen MR) is 111 cm³/mol. The quantitative estimate of drug-likeness (QED) is 0.154. The number of rotatable bonds is 24. The Balaban J connectivity index is 3.01. The van der Waals surface area contributed by atoms with Crippen molar-refractivity contribution >= 4 is 5.97 Å². The highest BCUT2D eigenvalue weighted by Crippen LogP contribution is 1.86. The summed E-state index contributed by atoms with van der Waals surface area (Å²) in [6.07, 6.45) is 0. The van der Waals surface area contributed by atoms with Gasteiger partial charge >= 0.3 is 5.97 Å². The highest BCUT2D eigenvalue weighted by Gasteiger charge is 1.96. The van der Waals surface area contributed by atoms with Crippen LogP contribution in [0.4, 0.5) is 0 Å². The number of carbonyl (C=O) groups is 1. The van der Waals surface area contributed by atoms with Crippen LogP contribution >= 0.6 is 0 Å². The van der Waals surface area contributed by atoms with Crippen molar-refractivity contribution in [2.75, 3.05) is 120 Å². The van der Waals surface area contributed by atoms with Crippen LogP contribution in [0, 0.1) is 0 Å². The molecule has 0 bridgehead atoms. The van der Waals surface area contributed by atoms with Crippen molar-refractivity contribution in [1.29, 1.82) is 0 Å². The lowest BCUT2D eigenvalue weighted by Crippen LogP contribution is -2.19. The lowest BCUT2D eigenvalue weighted by atomic mass is 10.6. The molecule has 0 saturated heterocycles. The summed E-state index contributed by atoms with van der Waals surface area (Å²) < 4.78 is 42.4. The Bertz CT molecular complexity index is 359. The molecule has 0 heterocycles. The van der Waals surface area contributed by atoms with Gasteiger partial charge in [-0.05, 0) is 14.1 Å². The first-order valence-corrected chi connectivity index (χ1v) is 10.4. The van der Waals surface area contributed by atoms with Gasteiger partial charge in [-0.15, -0.1) is 0 Å². The van der Waals surface area contributed by atoms with Gasteiger partial charge in [-0.2, -0.15) is 0 Å². The molecule has 0 unspecified atom stereocenters. The van der Waals surface area contributed by atoms with Crippen LogP contribution in [0.25, 0.3) is 0 Å². The van der Waals surface area contributed by atoms with Crippen molar-refractivity contribution in [3.05, 3.63) is 0 Å². The van der Waals surface area contributed by atoms with Crippen molar-refractivity contribution < 1.29 is 42.7 Å². The highest BCUT2D eigenvalue weighted by molar-refractivity contribution is 5.65. The number of hydrogen-bond donors (Lipinski definition) is 0. The molecule has 30 heavy (non-hydrogen) atoms. The molecule has 0 amide bonds. The van der Waals surface area contributed by atoms with E-state index in [-0.39, 0.29) is 12.6 Å². The Morgan fingerprint density at radius 1 is 0.500 bits per heavy atom. The molecule has 0 N–H and O–H groups in total. The zero-order chi connectivity index (χ0) is 22.1. The minimum Gasteiger partial charge on any atom is -0.463 e. The lowest BCUT2D eigenvalue weighted by Gasteiger charge is -2.10. The highest BCUT2D eigenvalue weighted by atomic mass is 16.6. The fourth-order valence-electron chi connectivity index (χ4n) is 1.91. The van der Waals surface area contributed by atoms with Crippen LogP contribution in [0.1, 0.15) is 6.92 Å². The van der Waals surface area contributed by atoms with Crippen molar-refractivity contribution in [2.24, 2.45) is 0 Å². The molecule has 0 rings (SSSR count). The van der Waals surface area contributed by atoms with E-state index >= 15 is 0 Å². The molecule has 0 aromatic rings. The lowest BCUT2D eigenvalue weighted by molar-refractivity contribution is -0.142. The van der Waals surface area contributed by atoms with E-state index in [1.807, 2.05) is 14.1 Å². The topological polar surface area (TPSA) is 94.2 Å². The first kappa shape index (κ1) is 29.1. The third-order valence-electron chi connectivity index (χ3n) is 3.45. The van der Waals surface area contributed by atoms with Crippen LogP contribution < -0.4 is 0 Å². The average Bonchev–Trinajstić information content (AvgIpc) is 2.70. The molecule has 0 aliphatic heterocycles. The standard InChI is InChI=1S/C20H41NO9/c1-20(22)30-19-18-29-17-16-28-15-14-27-13-12-26-11-10-25-9-8-24-7-6-23-5-4-21(2)3/h4-19H2,1-3H3. The summed E-state index contributed by atoms with van der Waals surface area (Å²) in [7, 11) is 4.03. The van der Waals surface area contributed by atoms with Gasteiger partial charge in [0.1, 0.15) is 6.61 Å². The SMILES string of the molecule is CC(=O)OCCOCCOCCOCCOCCOCCOCCOCCN(C)C. The molecule has 10 nitrogen and oxygen atoms in total. The second-order valence-electron chi connectivity index (χ2n) is 6.43. The summed E-state index contributed by atoms with van der Waals surface area (Å²) in [5.74, 6) is -0.304. The van der Waals surface area contributed by atoms with E-state index in [0.717, 1.165) is 13.2 Å². The van der Waals surface area contributed by atoms with Crippen LogP contribution in [0.3, 0.4) is 0 Å². The normalized spacial score (nSPS) is 11.3. The van der Waals surface area contributed by atoms with Gasteiger partial charge < -0.3 is 42.8 Å². The number of ether oxygens (including phenoxy) is 8. The Labute approximate surface area is 181 Å². The molecular weight excluding hydrogens is 398 g/mol. The molecule has 0 atom stereocenters. The van der Waals surface area contributed by atoms with Gasteiger partial charge in [-0.3, -0.25) is 4.79 Å². The van der Waals surface area contributed by atoms with Crippen molar-refractivity contribution in [3.63, 3.8) is 0 Å². The third kappa shape index (κ3) is 27.1. The monoisotopic (exact) mass is 439 g/mol. The van der Waals surface area contributed by atoms with Gasteiger partial charge in [0.05, 0.1) is 92.5 Å². The molecule has 0 aliphatic carbocycles. The maximum absolute atomic E-state index is 10.5. The van der Waals surface area contributed by atoms with E-state index in [9.17, 15) is 4.79 Å². The van der Waals surface area contributed by atoms with E-state index in [2.05, 4.69) is 4.90 Å². The van der Waals surface area contributed by atoms with Gasteiger partial charge in [0.25, 0.3) is 0 Å². The zero-order valence-corrected chi connectivity index (χ0v) is 18.9. The molecule has 0 aliphatic rings. The third-order valence-corrected chi connectivity index (χ3v) is 3.45. The van der Waals surface area contributed by atoms with Gasteiger partial charge in [0, 0.05) is 13.5 Å². The Morgan fingerprint density at radius 2 is 0.767 bits per heavy atom. The van der Waals surface area contributed by atoms with Crippen LogP contribution in [0.2, 0.25) is 0 Å². The molecule has 0 radical (unpaired) electrons. The van der Waals surface area contributed by atoms with Gasteiger partial charge in [-0.1, -0.05) is 0 Å². The van der Waals surface area contributed by atoms with Crippen LogP contribution in [-0.2, 0) is 42.7 Å². The summed E-state index contributed by atoms with van der Waals surface area (Å²) in [5.41, 5.74) is 0. The largest absolute Gasteiger partial charge is 0.463 e. The van der Waals surface area contributed by atoms with E-state index in [0.29, 0.717) is 85.9 Å². The van der Waals surface area contributed by atoms with Crippen LogP contribution in [0.15, 0.2) is 0 Å². The molecular formula is C20H41NO9. The fourth-order valence-corrected chi connectivity index (χ4v) is 1.91. The number of carbonyl (C=O) groups excluding carboxylic acids is 1. The number of esters is 1. The molecule has 180 valence electrons. The summed E-state index contributed by atoms with van der Waals surface area (Å²) in [6.45, 7) is 9.95. The van der Waals surface area contributed by atoms with Crippen LogP contribution in [-0.4, -0.2) is 131 Å². The molecule has 0 aromatic carbocycles. The summed E-state index contributed by atoms with van der Waals surface area (Å²) in [5, 5.41) is 0. The van der Waals surface area contributed by atoms with E-state index in [1.165, 1.54) is 6.92 Å². The second kappa shape index (κ2) is 24.4. The summed E-state index contributed by atoms with van der Waals surface area (Å²) in [6, 6.07) is 0. The molecule has 0 spiro atoms. The van der Waals surface area contributed by atoms with Crippen molar-refractivity contribution in [3.8, 4) is 0 Å². The van der Waals surface area contributed by atoms with Crippen molar-refractivity contribution in [1.82, 2.24) is 4.90 Å². The number of hydrogen-bond acceptors (Lipinski definition) is 10. The number of likely N-dealkylation sites (N-methyl/N-ethyl adjacent to an activating group) is 1. The minimum absolute atomic E-state index is 0.268. The van der Waals surface area contributed by atoms with E-state index in [4.69, 9.17) is 37.9 Å². The van der Waals surface area contributed by atoms with Gasteiger partial charge in [-0.25, -0.2) is 0 Å².